The molecule has 1 heterocycles. The van der Waals surface area contributed by atoms with Gasteiger partial charge < -0.3 is 15.0 Å². The highest BCUT2D eigenvalue weighted by atomic mass is 35.5. The van der Waals surface area contributed by atoms with Gasteiger partial charge in [-0.25, -0.2) is 15.0 Å². The summed E-state index contributed by atoms with van der Waals surface area (Å²) >= 11 is 5.90. The van der Waals surface area contributed by atoms with Crippen molar-refractivity contribution in [2.45, 2.75) is 12.6 Å². The van der Waals surface area contributed by atoms with Gasteiger partial charge in [-0.2, -0.15) is 0 Å². The number of urea groups is 1. The van der Waals surface area contributed by atoms with Crippen LogP contribution in [0.5, 0.6) is 0 Å². The quantitative estimate of drug-likeness (QED) is 0.412. The zero-order chi connectivity index (χ0) is 20.1. The summed E-state index contributed by atoms with van der Waals surface area (Å²) in [4.78, 5) is 25.5. The Balaban J connectivity index is 1.58. The number of hydrogen-bond acceptors (Lipinski definition) is 4. The molecule has 1 aliphatic heterocycles. The van der Waals surface area contributed by atoms with Gasteiger partial charge in [-0.1, -0.05) is 29.8 Å². The van der Waals surface area contributed by atoms with E-state index in [-0.39, 0.29) is 29.8 Å². The molecule has 1 unspecified atom stereocenters. The van der Waals surface area contributed by atoms with Crippen LogP contribution in [0.15, 0.2) is 42.5 Å². The molecule has 1 atom stereocenters. The van der Waals surface area contributed by atoms with Crippen molar-refractivity contribution >= 4 is 23.5 Å². The molecule has 7 nitrogen and oxygen atoms in total. The van der Waals surface area contributed by atoms with Crippen molar-refractivity contribution < 1.29 is 18.7 Å². The number of ether oxygens (including phenoxy) is 1. The van der Waals surface area contributed by atoms with Gasteiger partial charge in [-0.05, 0) is 29.8 Å². The van der Waals surface area contributed by atoms with E-state index in [4.69, 9.17) is 22.2 Å². The highest BCUT2D eigenvalue weighted by Crippen LogP contribution is 2.23. The van der Waals surface area contributed by atoms with Crippen LogP contribution in [-0.2, 0) is 11.3 Å². The van der Waals surface area contributed by atoms with Crippen molar-refractivity contribution in [1.82, 2.24) is 15.6 Å². The van der Waals surface area contributed by atoms with Crippen LogP contribution in [0.2, 0.25) is 5.02 Å². The van der Waals surface area contributed by atoms with Gasteiger partial charge >= 0.3 is 6.03 Å². The molecule has 0 spiro atoms. The Kier molecular flexibility index (Phi) is 6.45. The maximum absolute atomic E-state index is 14.1. The monoisotopic (exact) mass is 406 g/mol. The first-order valence-corrected chi connectivity index (χ1v) is 9.05. The SMILES string of the molecule is NNC(=O)c1ccc(CNC(=O)N2CCOC(c3ccc(Cl)cc3)C2)c(F)c1. The number of nitrogens with zero attached hydrogens (tertiary/aromatic N) is 1. The standard InChI is InChI=1S/C19H20ClFN4O3/c20-15-5-3-12(4-6-15)17-11-25(7-8-28-17)19(27)23-10-14-2-1-13(9-16(14)21)18(26)24-22/h1-6,9,17H,7-8,10-11,22H2,(H,23,27)(H,24,26). The van der Waals surface area contributed by atoms with Gasteiger partial charge in [0.05, 0.1) is 13.2 Å². The lowest BCUT2D eigenvalue weighted by atomic mass is 10.1. The van der Waals surface area contributed by atoms with E-state index < -0.39 is 11.7 Å². The lowest BCUT2D eigenvalue weighted by Gasteiger charge is -2.33. The Morgan fingerprint density at radius 1 is 1.25 bits per heavy atom. The molecular formula is C19H20ClFN4O3. The smallest absolute Gasteiger partial charge is 0.317 e. The molecule has 3 amide bonds. The molecule has 0 radical (unpaired) electrons. The number of benzene rings is 2. The summed E-state index contributed by atoms with van der Waals surface area (Å²) in [5.41, 5.74) is 3.25. The molecule has 1 fully saturated rings. The number of halogens is 2. The number of hydrogen-bond donors (Lipinski definition) is 3. The van der Waals surface area contributed by atoms with E-state index in [1.807, 2.05) is 17.6 Å². The van der Waals surface area contributed by atoms with Gasteiger partial charge in [0, 0.05) is 29.2 Å². The largest absolute Gasteiger partial charge is 0.370 e. The minimum absolute atomic E-state index is 0.00183. The highest BCUT2D eigenvalue weighted by molar-refractivity contribution is 6.30. The van der Waals surface area contributed by atoms with Crippen molar-refractivity contribution in [3.63, 3.8) is 0 Å². The van der Waals surface area contributed by atoms with Crippen LogP contribution in [0.4, 0.5) is 9.18 Å². The zero-order valence-corrected chi connectivity index (χ0v) is 15.7. The average Bonchev–Trinajstić information content (AvgIpc) is 2.72. The number of carbonyl (C=O) groups excluding carboxylic acids is 2. The molecule has 2 aromatic rings. The number of carbonyl (C=O) groups is 2. The molecular weight excluding hydrogens is 387 g/mol. The van der Waals surface area contributed by atoms with E-state index in [0.29, 0.717) is 24.7 Å². The van der Waals surface area contributed by atoms with Crippen molar-refractivity contribution in [2.24, 2.45) is 5.84 Å². The number of nitrogens with two attached hydrogens (primary N) is 1. The second kappa shape index (κ2) is 9.01. The summed E-state index contributed by atoms with van der Waals surface area (Å²) in [5.74, 6) is 3.85. The van der Waals surface area contributed by atoms with Gasteiger partial charge in [0.25, 0.3) is 5.91 Å². The molecule has 9 heteroatoms. The minimum atomic E-state index is -0.595. The molecule has 0 aromatic heterocycles. The van der Waals surface area contributed by atoms with Gasteiger partial charge in [0.2, 0.25) is 0 Å². The van der Waals surface area contributed by atoms with E-state index in [0.717, 1.165) is 11.6 Å². The van der Waals surface area contributed by atoms with Crippen molar-refractivity contribution in [3.8, 4) is 0 Å². The molecule has 148 valence electrons. The zero-order valence-electron chi connectivity index (χ0n) is 15.0. The molecule has 4 N–H and O–H groups in total. The van der Waals surface area contributed by atoms with Crippen LogP contribution < -0.4 is 16.6 Å². The molecule has 0 saturated carbocycles. The van der Waals surface area contributed by atoms with E-state index in [2.05, 4.69) is 5.32 Å². The first-order valence-electron chi connectivity index (χ1n) is 8.67. The maximum atomic E-state index is 14.1. The molecule has 2 aromatic carbocycles. The highest BCUT2D eigenvalue weighted by Gasteiger charge is 2.25. The Morgan fingerprint density at radius 2 is 2.00 bits per heavy atom. The fraction of sp³-hybridized carbons (Fsp3) is 0.263. The molecule has 3 rings (SSSR count). The Hall–Kier alpha value is -2.68. The minimum Gasteiger partial charge on any atom is -0.370 e. The number of morpholine rings is 1. The van der Waals surface area contributed by atoms with Crippen molar-refractivity contribution in [3.05, 3.63) is 70.0 Å². The third-order valence-electron chi connectivity index (χ3n) is 4.47. The third-order valence-corrected chi connectivity index (χ3v) is 4.72. The number of amides is 3. The van der Waals surface area contributed by atoms with Gasteiger partial charge in [0.15, 0.2) is 0 Å². The molecule has 1 aliphatic rings. The first kappa shape index (κ1) is 20.1. The number of rotatable bonds is 4. The Bertz CT molecular complexity index is 863. The second-order valence-electron chi connectivity index (χ2n) is 6.30. The number of nitrogens with one attached hydrogen (secondary N) is 2. The molecule has 0 aliphatic carbocycles. The van der Waals surface area contributed by atoms with Crippen LogP contribution >= 0.6 is 11.6 Å². The fourth-order valence-electron chi connectivity index (χ4n) is 2.91. The van der Waals surface area contributed by atoms with Crippen LogP contribution in [0, 0.1) is 5.82 Å². The maximum Gasteiger partial charge on any atom is 0.317 e. The number of nitrogen functional groups attached to an aromatic ring is 1. The topological polar surface area (TPSA) is 96.7 Å². The Morgan fingerprint density at radius 3 is 2.68 bits per heavy atom. The fourth-order valence-corrected chi connectivity index (χ4v) is 3.04. The third kappa shape index (κ3) is 4.78. The van der Waals surface area contributed by atoms with Gasteiger partial charge in [0.1, 0.15) is 11.9 Å². The normalized spacial score (nSPS) is 16.5. The summed E-state index contributed by atoms with van der Waals surface area (Å²) < 4.78 is 19.9. The summed E-state index contributed by atoms with van der Waals surface area (Å²) in [6, 6.07) is 10.9. The lowest BCUT2D eigenvalue weighted by Crippen LogP contribution is -2.47. The molecule has 0 bridgehead atoms. The second-order valence-corrected chi connectivity index (χ2v) is 6.73. The van der Waals surface area contributed by atoms with Gasteiger partial charge in [-0.3, -0.25) is 10.2 Å². The van der Waals surface area contributed by atoms with E-state index >= 15 is 0 Å². The summed E-state index contributed by atoms with van der Waals surface area (Å²) in [7, 11) is 0. The molecule has 1 saturated heterocycles. The van der Waals surface area contributed by atoms with Crippen LogP contribution in [-0.4, -0.2) is 36.5 Å². The Labute approximate surface area is 166 Å². The van der Waals surface area contributed by atoms with Gasteiger partial charge in [-0.15, -0.1) is 0 Å². The average molecular weight is 407 g/mol. The predicted molar refractivity (Wildman–Crippen MR) is 102 cm³/mol. The predicted octanol–water partition coefficient (Wildman–Crippen LogP) is 2.37. The summed E-state index contributed by atoms with van der Waals surface area (Å²) in [5, 5.41) is 3.33. The molecule has 28 heavy (non-hydrogen) atoms. The van der Waals surface area contributed by atoms with Crippen molar-refractivity contribution in [1.29, 1.82) is 0 Å². The van der Waals surface area contributed by atoms with E-state index in [1.165, 1.54) is 12.1 Å². The van der Waals surface area contributed by atoms with Crippen LogP contribution in [0.3, 0.4) is 0 Å². The number of hydrazine groups is 1. The summed E-state index contributed by atoms with van der Waals surface area (Å²) in [6.45, 7) is 1.22. The summed E-state index contributed by atoms with van der Waals surface area (Å²) in [6.07, 6.45) is -0.248. The van der Waals surface area contributed by atoms with E-state index in [1.54, 1.807) is 17.0 Å². The van der Waals surface area contributed by atoms with Crippen molar-refractivity contribution in [2.75, 3.05) is 19.7 Å². The lowest BCUT2D eigenvalue weighted by molar-refractivity contribution is -0.0154. The van der Waals surface area contributed by atoms with Crippen LogP contribution in [0.1, 0.15) is 27.6 Å². The first-order chi connectivity index (χ1) is 13.5. The van der Waals surface area contributed by atoms with Crippen LogP contribution in [0.25, 0.3) is 0 Å². The van der Waals surface area contributed by atoms with E-state index in [9.17, 15) is 14.0 Å².